The highest BCUT2D eigenvalue weighted by Gasteiger charge is 2.28. The highest BCUT2D eigenvalue weighted by Crippen LogP contribution is 2.25. The first-order chi connectivity index (χ1) is 10.3. The summed E-state index contributed by atoms with van der Waals surface area (Å²) in [6, 6.07) is 6.40. The Bertz CT molecular complexity index is 686. The Kier molecular flexibility index (Phi) is 4.70. The molecular weight excluding hydrogens is 308 g/mol. The summed E-state index contributed by atoms with van der Waals surface area (Å²) >= 11 is 0. The van der Waals surface area contributed by atoms with Crippen LogP contribution < -0.4 is 4.31 Å². The Labute approximate surface area is 129 Å². The average molecular weight is 326 g/mol. The van der Waals surface area contributed by atoms with Crippen molar-refractivity contribution in [1.29, 1.82) is 0 Å². The van der Waals surface area contributed by atoms with Crippen LogP contribution in [0.4, 0.5) is 5.69 Å². The standard InChI is InChI=1S/C14H18N2O5S/c1-15(8-6-13(17)18)14(19)11-4-2-5-12(10-11)16-7-3-9-22(16,20)21/h2,4-5,10H,3,6-9H2,1H3,(H,17,18). The fourth-order valence-electron chi connectivity index (χ4n) is 2.31. The molecule has 1 aromatic rings. The van der Waals surface area contributed by atoms with Gasteiger partial charge in [0, 0.05) is 25.7 Å². The Hall–Kier alpha value is -2.09. The van der Waals surface area contributed by atoms with Crippen molar-refractivity contribution in [2.75, 3.05) is 30.2 Å². The van der Waals surface area contributed by atoms with Crippen LogP contribution in [0.5, 0.6) is 0 Å². The fourth-order valence-corrected chi connectivity index (χ4v) is 3.87. The van der Waals surface area contributed by atoms with E-state index >= 15 is 0 Å². The van der Waals surface area contributed by atoms with E-state index in [1.165, 1.54) is 22.3 Å². The van der Waals surface area contributed by atoms with Crippen LogP contribution in [-0.4, -0.2) is 56.2 Å². The van der Waals surface area contributed by atoms with E-state index < -0.39 is 16.0 Å². The normalized spacial score (nSPS) is 16.5. The molecule has 0 aromatic heterocycles. The Morgan fingerprint density at radius 1 is 1.36 bits per heavy atom. The predicted molar refractivity (Wildman–Crippen MR) is 81.4 cm³/mol. The average Bonchev–Trinajstić information content (AvgIpc) is 2.83. The van der Waals surface area contributed by atoms with Crippen molar-refractivity contribution < 1.29 is 23.1 Å². The summed E-state index contributed by atoms with van der Waals surface area (Å²) in [6.45, 7) is 0.509. The Balaban J connectivity index is 2.18. The molecule has 7 nitrogen and oxygen atoms in total. The van der Waals surface area contributed by atoms with Gasteiger partial charge in [-0.05, 0) is 24.6 Å². The molecular formula is C14H18N2O5S. The minimum absolute atomic E-state index is 0.0976. The van der Waals surface area contributed by atoms with Crippen LogP contribution in [0, 0.1) is 0 Å². The number of rotatable bonds is 5. The summed E-state index contributed by atoms with van der Waals surface area (Å²) in [5, 5.41) is 8.65. The van der Waals surface area contributed by atoms with Crippen LogP contribution in [0.15, 0.2) is 24.3 Å². The van der Waals surface area contributed by atoms with Crippen molar-refractivity contribution >= 4 is 27.6 Å². The molecule has 0 spiro atoms. The summed E-state index contributed by atoms with van der Waals surface area (Å²) in [4.78, 5) is 24.1. The second-order valence-electron chi connectivity index (χ2n) is 5.16. The summed E-state index contributed by atoms with van der Waals surface area (Å²) in [6.07, 6.45) is 0.432. The smallest absolute Gasteiger partial charge is 0.305 e. The molecule has 0 bridgehead atoms. The third kappa shape index (κ3) is 3.56. The number of carbonyl (C=O) groups is 2. The molecule has 1 aliphatic rings. The zero-order valence-electron chi connectivity index (χ0n) is 12.2. The van der Waals surface area contributed by atoms with E-state index in [1.54, 1.807) is 18.2 Å². The minimum atomic E-state index is -3.29. The molecule has 1 saturated heterocycles. The van der Waals surface area contributed by atoms with E-state index in [1.807, 2.05) is 0 Å². The van der Waals surface area contributed by atoms with Gasteiger partial charge in [0.25, 0.3) is 5.91 Å². The lowest BCUT2D eigenvalue weighted by molar-refractivity contribution is -0.137. The summed E-state index contributed by atoms with van der Waals surface area (Å²) < 4.78 is 25.1. The number of carboxylic acids is 1. The fraction of sp³-hybridized carbons (Fsp3) is 0.429. The molecule has 1 heterocycles. The second kappa shape index (κ2) is 6.35. The van der Waals surface area contributed by atoms with Crippen LogP contribution in [0.25, 0.3) is 0 Å². The molecule has 1 aliphatic heterocycles. The number of sulfonamides is 1. The first kappa shape index (κ1) is 16.3. The second-order valence-corrected chi connectivity index (χ2v) is 7.18. The number of aliphatic carboxylic acids is 1. The van der Waals surface area contributed by atoms with Gasteiger partial charge in [0.1, 0.15) is 0 Å². The van der Waals surface area contributed by atoms with Crippen LogP contribution in [0.2, 0.25) is 0 Å². The van der Waals surface area contributed by atoms with Gasteiger partial charge in [-0.3, -0.25) is 13.9 Å². The Morgan fingerprint density at radius 3 is 2.68 bits per heavy atom. The lowest BCUT2D eigenvalue weighted by Gasteiger charge is -2.19. The number of carbonyl (C=O) groups excluding carboxylic acids is 1. The third-order valence-electron chi connectivity index (χ3n) is 3.49. The lowest BCUT2D eigenvalue weighted by atomic mass is 10.1. The van der Waals surface area contributed by atoms with Gasteiger partial charge in [0.2, 0.25) is 10.0 Å². The number of nitrogens with zero attached hydrogens (tertiary/aromatic N) is 2. The zero-order chi connectivity index (χ0) is 16.3. The molecule has 8 heteroatoms. The van der Waals surface area contributed by atoms with E-state index in [0.29, 0.717) is 24.2 Å². The molecule has 1 fully saturated rings. The number of hydrogen-bond acceptors (Lipinski definition) is 4. The monoisotopic (exact) mass is 326 g/mol. The highest BCUT2D eigenvalue weighted by atomic mass is 32.2. The van der Waals surface area contributed by atoms with Crippen molar-refractivity contribution in [1.82, 2.24) is 4.90 Å². The highest BCUT2D eigenvalue weighted by molar-refractivity contribution is 7.93. The summed E-state index contributed by atoms with van der Waals surface area (Å²) in [5.41, 5.74) is 0.808. The zero-order valence-corrected chi connectivity index (χ0v) is 13.0. The van der Waals surface area contributed by atoms with Gasteiger partial charge in [0.15, 0.2) is 0 Å². The van der Waals surface area contributed by atoms with Crippen molar-refractivity contribution in [3.8, 4) is 0 Å². The van der Waals surface area contributed by atoms with Gasteiger partial charge in [-0.25, -0.2) is 8.42 Å². The van der Waals surface area contributed by atoms with Crippen molar-refractivity contribution in [3.63, 3.8) is 0 Å². The van der Waals surface area contributed by atoms with Crippen LogP contribution in [0.3, 0.4) is 0 Å². The maximum absolute atomic E-state index is 12.3. The molecule has 1 N–H and O–H groups in total. The van der Waals surface area contributed by atoms with Gasteiger partial charge < -0.3 is 10.0 Å². The van der Waals surface area contributed by atoms with Crippen LogP contribution in [-0.2, 0) is 14.8 Å². The van der Waals surface area contributed by atoms with Gasteiger partial charge in [-0.15, -0.1) is 0 Å². The summed E-state index contributed by atoms with van der Waals surface area (Å²) in [7, 11) is -1.78. The predicted octanol–water partition coefficient (Wildman–Crippen LogP) is 0.773. The molecule has 0 atom stereocenters. The topological polar surface area (TPSA) is 95.0 Å². The van der Waals surface area contributed by atoms with E-state index in [2.05, 4.69) is 0 Å². The van der Waals surface area contributed by atoms with Gasteiger partial charge in [-0.2, -0.15) is 0 Å². The number of carboxylic acid groups (broad SMARTS) is 1. The van der Waals surface area contributed by atoms with E-state index in [4.69, 9.17) is 5.11 Å². The largest absolute Gasteiger partial charge is 0.481 e. The number of anilines is 1. The molecule has 2 rings (SSSR count). The number of amides is 1. The first-order valence-electron chi connectivity index (χ1n) is 6.89. The van der Waals surface area contributed by atoms with E-state index in [0.717, 1.165) is 0 Å². The maximum atomic E-state index is 12.3. The minimum Gasteiger partial charge on any atom is -0.481 e. The molecule has 0 radical (unpaired) electrons. The van der Waals surface area contributed by atoms with E-state index in [9.17, 15) is 18.0 Å². The molecule has 1 amide bonds. The van der Waals surface area contributed by atoms with Crippen LogP contribution >= 0.6 is 0 Å². The van der Waals surface area contributed by atoms with Gasteiger partial charge in [-0.1, -0.05) is 6.07 Å². The lowest BCUT2D eigenvalue weighted by Crippen LogP contribution is -2.29. The molecule has 22 heavy (non-hydrogen) atoms. The quantitative estimate of drug-likeness (QED) is 0.862. The van der Waals surface area contributed by atoms with Crippen LogP contribution in [0.1, 0.15) is 23.2 Å². The first-order valence-corrected chi connectivity index (χ1v) is 8.50. The summed E-state index contributed by atoms with van der Waals surface area (Å²) in [5.74, 6) is -1.19. The van der Waals surface area contributed by atoms with E-state index in [-0.39, 0.29) is 24.6 Å². The van der Waals surface area contributed by atoms with Crippen molar-refractivity contribution in [3.05, 3.63) is 29.8 Å². The third-order valence-corrected chi connectivity index (χ3v) is 5.36. The molecule has 0 aliphatic carbocycles. The van der Waals surface area contributed by atoms with Gasteiger partial charge >= 0.3 is 5.97 Å². The Morgan fingerprint density at radius 2 is 2.09 bits per heavy atom. The molecule has 0 saturated carbocycles. The maximum Gasteiger partial charge on any atom is 0.305 e. The van der Waals surface area contributed by atoms with Crippen molar-refractivity contribution in [2.24, 2.45) is 0 Å². The van der Waals surface area contributed by atoms with Crippen molar-refractivity contribution in [2.45, 2.75) is 12.8 Å². The number of hydrogen-bond donors (Lipinski definition) is 1. The molecule has 1 aromatic carbocycles. The van der Waals surface area contributed by atoms with Gasteiger partial charge in [0.05, 0.1) is 17.9 Å². The molecule has 120 valence electrons. The number of benzene rings is 1. The SMILES string of the molecule is CN(CCC(=O)O)C(=O)c1cccc(N2CCCS2(=O)=O)c1. The molecule has 0 unspecified atom stereocenters.